The van der Waals surface area contributed by atoms with Gasteiger partial charge in [-0.15, -0.1) is 10.2 Å². The number of rotatable bonds is 4. The van der Waals surface area contributed by atoms with Crippen molar-refractivity contribution in [2.75, 3.05) is 10.2 Å². The second-order valence-electron chi connectivity index (χ2n) is 6.89. The van der Waals surface area contributed by atoms with E-state index < -0.39 is 0 Å². The number of halogens is 1. The molecule has 0 saturated carbocycles. The van der Waals surface area contributed by atoms with E-state index in [0.29, 0.717) is 11.6 Å². The van der Waals surface area contributed by atoms with E-state index in [1.54, 1.807) is 17.0 Å². The maximum atomic E-state index is 13.3. The number of amides is 2. The van der Waals surface area contributed by atoms with Crippen LogP contribution in [-0.2, 0) is 19.5 Å². The fraction of sp³-hybridized carbons (Fsp3) is 0.286. The van der Waals surface area contributed by atoms with Crippen molar-refractivity contribution >= 4 is 17.7 Å². The summed E-state index contributed by atoms with van der Waals surface area (Å²) in [4.78, 5) is 14.7. The third-order valence-corrected chi connectivity index (χ3v) is 4.86. The van der Waals surface area contributed by atoms with Crippen molar-refractivity contribution < 1.29 is 9.18 Å². The number of aromatic nitrogens is 3. The maximum absolute atomic E-state index is 13.3. The molecule has 2 amide bonds. The van der Waals surface area contributed by atoms with Gasteiger partial charge in [0.05, 0.1) is 6.54 Å². The summed E-state index contributed by atoms with van der Waals surface area (Å²) in [6, 6.07) is 15.1. The van der Waals surface area contributed by atoms with E-state index in [4.69, 9.17) is 0 Å². The largest absolute Gasteiger partial charge is 0.329 e. The van der Waals surface area contributed by atoms with Gasteiger partial charge in [-0.25, -0.2) is 9.18 Å². The van der Waals surface area contributed by atoms with Crippen LogP contribution in [0.15, 0.2) is 54.6 Å². The summed E-state index contributed by atoms with van der Waals surface area (Å²) in [6.45, 7) is 1.06. The van der Waals surface area contributed by atoms with E-state index in [1.807, 2.05) is 34.9 Å². The molecule has 0 bridgehead atoms. The van der Waals surface area contributed by atoms with Gasteiger partial charge >= 0.3 is 6.03 Å². The van der Waals surface area contributed by atoms with Crippen LogP contribution in [0.4, 0.5) is 20.8 Å². The van der Waals surface area contributed by atoms with Gasteiger partial charge in [0.1, 0.15) is 11.6 Å². The molecular weight excluding hydrogens is 357 g/mol. The van der Waals surface area contributed by atoms with Crippen LogP contribution in [0.2, 0.25) is 0 Å². The molecule has 2 aromatic carbocycles. The van der Waals surface area contributed by atoms with Crippen molar-refractivity contribution in [2.45, 2.75) is 38.8 Å². The quantitative estimate of drug-likeness (QED) is 0.732. The Morgan fingerprint density at radius 1 is 1.04 bits per heavy atom. The minimum atomic E-state index is -0.305. The molecule has 0 unspecified atom stereocenters. The fourth-order valence-electron chi connectivity index (χ4n) is 3.39. The minimum absolute atomic E-state index is 0.275. The third-order valence-electron chi connectivity index (χ3n) is 4.86. The molecule has 0 atom stereocenters. The van der Waals surface area contributed by atoms with Crippen molar-refractivity contribution in [1.82, 2.24) is 14.8 Å². The fourth-order valence-corrected chi connectivity index (χ4v) is 3.39. The SMILES string of the molecule is O=C(Nc1ccccc1)N(Cc1ccc(F)cc1)c1nnc2n1CCCCC2. The van der Waals surface area contributed by atoms with Crippen LogP contribution in [-0.4, -0.2) is 20.8 Å². The topological polar surface area (TPSA) is 63.1 Å². The van der Waals surface area contributed by atoms with Gasteiger partial charge in [0.15, 0.2) is 0 Å². The Morgan fingerprint density at radius 3 is 2.61 bits per heavy atom. The van der Waals surface area contributed by atoms with Gasteiger partial charge in [0, 0.05) is 18.7 Å². The molecule has 144 valence electrons. The number of nitrogens with one attached hydrogen (secondary N) is 1. The Hall–Kier alpha value is -3.22. The normalized spacial score (nSPS) is 13.5. The molecule has 3 aromatic rings. The minimum Gasteiger partial charge on any atom is -0.307 e. The van der Waals surface area contributed by atoms with Gasteiger partial charge in [-0.3, -0.25) is 9.47 Å². The van der Waals surface area contributed by atoms with E-state index in [-0.39, 0.29) is 18.4 Å². The Balaban J connectivity index is 1.66. The molecule has 0 saturated heterocycles. The molecule has 6 nitrogen and oxygen atoms in total. The highest BCUT2D eigenvalue weighted by Crippen LogP contribution is 2.23. The highest BCUT2D eigenvalue weighted by atomic mass is 19.1. The molecule has 1 aromatic heterocycles. The van der Waals surface area contributed by atoms with Crippen LogP contribution in [0.1, 0.15) is 30.7 Å². The van der Waals surface area contributed by atoms with Crippen molar-refractivity contribution in [3.05, 3.63) is 71.8 Å². The number of aryl methyl sites for hydroxylation is 1. The molecule has 7 heteroatoms. The molecule has 0 radical (unpaired) electrons. The molecule has 0 aliphatic carbocycles. The van der Waals surface area contributed by atoms with Crippen LogP contribution < -0.4 is 10.2 Å². The van der Waals surface area contributed by atoms with E-state index in [1.165, 1.54) is 12.1 Å². The first kappa shape index (κ1) is 18.2. The van der Waals surface area contributed by atoms with E-state index in [9.17, 15) is 9.18 Å². The Morgan fingerprint density at radius 2 is 1.82 bits per heavy atom. The zero-order valence-corrected chi connectivity index (χ0v) is 15.5. The Labute approximate surface area is 163 Å². The third kappa shape index (κ3) is 4.03. The summed E-state index contributed by atoms with van der Waals surface area (Å²) in [5.41, 5.74) is 1.52. The molecule has 28 heavy (non-hydrogen) atoms. The van der Waals surface area contributed by atoms with Crippen molar-refractivity contribution in [3.63, 3.8) is 0 Å². The first-order valence-electron chi connectivity index (χ1n) is 9.51. The molecule has 2 heterocycles. The molecule has 4 rings (SSSR count). The van der Waals surface area contributed by atoms with Gasteiger partial charge in [0.25, 0.3) is 0 Å². The number of para-hydroxylation sites is 1. The molecule has 0 spiro atoms. The number of benzene rings is 2. The van der Waals surface area contributed by atoms with Gasteiger partial charge in [0.2, 0.25) is 5.95 Å². The van der Waals surface area contributed by atoms with Gasteiger partial charge < -0.3 is 5.32 Å². The summed E-state index contributed by atoms with van der Waals surface area (Å²) in [5.74, 6) is 1.12. The molecule has 0 fully saturated rings. The molecule has 1 aliphatic rings. The Bertz CT molecular complexity index is 939. The predicted molar refractivity (Wildman–Crippen MR) is 106 cm³/mol. The summed E-state index contributed by atoms with van der Waals surface area (Å²) in [7, 11) is 0. The van der Waals surface area contributed by atoms with Crippen molar-refractivity contribution in [2.24, 2.45) is 0 Å². The van der Waals surface area contributed by atoms with E-state index in [0.717, 1.165) is 43.6 Å². The zero-order chi connectivity index (χ0) is 19.3. The van der Waals surface area contributed by atoms with Crippen LogP contribution in [0.3, 0.4) is 0 Å². The summed E-state index contributed by atoms with van der Waals surface area (Å²) >= 11 is 0. The lowest BCUT2D eigenvalue weighted by Crippen LogP contribution is -2.36. The average molecular weight is 379 g/mol. The number of anilines is 2. The number of carbonyl (C=O) groups excluding carboxylic acids is 1. The highest BCUT2D eigenvalue weighted by molar-refractivity contribution is 6.00. The van der Waals surface area contributed by atoms with Crippen LogP contribution in [0, 0.1) is 5.82 Å². The predicted octanol–water partition coefficient (Wildman–Crippen LogP) is 4.38. The maximum Gasteiger partial charge on any atom is 0.329 e. The molecule has 1 N–H and O–H groups in total. The highest BCUT2D eigenvalue weighted by Gasteiger charge is 2.25. The lowest BCUT2D eigenvalue weighted by atomic mass is 10.2. The van der Waals surface area contributed by atoms with Gasteiger partial charge in [-0.2, -0.15) is 0 Å². The van der Waals surface area contributed by atoms with Gasteiger partial charge in [-0.1, -0.05) is 36.8 Å². The zero-order valence-electron chi connectivity index (χ0n) is 15.5. The first-order chi connectivity index (χ1) is 13.7. The van der Waals surface area contributed by atoms with E-state index >= 15 is 0 Å². The van der Waals surface area contributed by atoms with Crippen molar-refractivity contribution in [1.29, 1.82) is 0 Å². The first-order valence-corrected chi connectivity index (χ1v) is 9.51. The average Bonchev–Trinajstić information content (AvgIpc) is 2.95. The number of hydrogen-bond donors (Lipinski definition) is 1. The van der Waals surface area contributed by atoms with Crippen LogP contribution in [0.25, 0.3) is 0 Å². The number of nitrogens with zero attached hydrogens (tertiary/aromatic N) is 4. The molecule has 1 aliphatic heterocycles. The number of fused-ring (bicyclic) bond motifs is 1. The Kier molecular flexibility index (Phi) is 5.32. The smallest absolute Gasteiger partial charge is 0.307 e. The molecular formula is C21H22FN5O. The number of urea groups is 1. The van der Waals surface area contributed by atoms with Crippen molar-refractivity contribution in [3.8, 4) is 0 Å². The summed E-state index contributed by atoms with van der Waals surface area (Å²) in [5, 5.41) is 11.6. The van der Waals surface area contributed by atoms with Crippen LogP contribution >= 0.6 is 0 Å². The van der Waals surface area contributed by atoms with E-state index in [2.05, 4.69) is 15.5 Å². The number of carbonyl (C=O) groups is 1. The summed E-state index contributed by atoms with van der Waals surface area (Å²) < 4.78 is 15.3. The second kappa shape index (κ2) is 8.21. The second-order valence-corrected chi connectivity index (χ2v) is 6.89. The monoisotopic (exact) mass is 379 g/mol. The van der Waals surface area contributed by atoms with Crippen LogP contribution in [0.5, 0.6) is 0 Å². The number of hydrogen-bond acceptors (Lipinski definition) is 3. The van der Waals surface area contributed by atoms with Gasteiger partial charge in [-0.05, 0) is 42.7 Å². The standard InChI is InChI=1S/C21H22FN5O/c22-17-12-10-16(11-13-17)15-27(21(28)23-18-7-3-1-4-8-18)20-25-24-19-9-5-2-6-14-26(19)20/h1,3-4,7-8,10-13H,2,5-6,9,14-15H2,(H,23,28). The lowest BCUT2D eigenvalue weighted by molar-refractivity contribution is 0.256. The summed E-state index contributed by atoms with van der Waals surface area (Å²) in [6.07, 6.45) is 4.10. The lowest BCUT2D eigenvalue weighted by Gasteiger charge is -2.23.